The number of piperidine rings is 1. The summed E-state index contributed by atoms with van der Waals surface area (Å²) in [7, 11) is 0. The number of hydrogen-bond acceptors (Lipinski definition) is 5. The Morgan fingerprint density at radius 2 is 2.00 bits per heavy atom. The SMILES string of the molecule is c1csc(C(CCN2CCCCC2)Oc2cccc3c2OCO3)c1. The van der Waals surface area contributed by atoms with E-state index in [1.807, 2.05) is 18.2 Å². The molecule has 0 spiro atoms. The topological polar surface area (TPSA) is 30.9 Å². The summed E-state index contributed by atoms with van der Waals surface area (Å²) >= 11 is 1.75. The van der Waals surface area contributed by atoms with E-state index in [0.717, 1.165) is 30.2 Å². The van der Waals surface area contributed by atoms with Crippen molar-refractivity contribution in [2.24, 2.45) is 0 Å². The molecule has 0 amide bonds. The van der Waals surface area contributed by atoms with Crippen LogP contribution in [0.4, 0.5) is 0 Å². The molecular formula is C19H23NO3S. The second-order valence-electron chi connectivity index (χ2n) is 6.30. The van der Waals surface area contributed by atoms with Crippen LogP contribution in [0.2, 0.25) is 0 Å². The molecule has 1 aromatic heterocycles. The van der Waals surface area contributed by atoms with Crippen molar-refractivity contribution in [3.05, 3.63) is 40.6 Å². The molecule has 3 heterocycles. The molecule has 4 rings (SSSR count). The molecule has 0 aliphatic carbocycles. The van der Waals surface area contributed by atoms with Crippen molar-refractivity contribution in [3.63, 3.8) is 0 Å². The van der Waals surface area contributed by atoms with Crippen LogP contribution in [0.15, 0.2) is 35.7 Å². The Morgan fingerprint density at radius 3 is 2.83 bits per heavy atom. The number of rotatable bonds is 6. The average Bonchev–Trinajstić information content (AvgIpc) is 3.31. The van der Waals surface area contributed by atoms with E-state index in [4.69, 9.17) is 14.2 Å². The normalized spacial score (nSPS) is 18.5. The molecule has 2 aromatic rings. The average molecular weight is 345 g/mol. The summed E-state index contributed by atoms with van der Waals surface area (Å²) in [6.45, 7) is 3.78. The third-order valence-corrected chi connectivity index (χ3v) is 5.61. The standard InChI is InChI=1S/C19H23NO3S/c1-2-10-20(11-3-1)12-9-15(18-8-5-13-24-18)23-17-7-4-6-16-19(17)22-14-21-16/h4-8,13,15H,1-3,9-12,14H2. The quantitative estimate of drug-likeness (QED) is 0.773. The summed E-state index contributed by atoms with van der Waals surface area (Å²) < 4.78 is 17.4. The Morgan fingerprint density at radius 1 is 1.08 bits per heavy atom. The highest BCUT2D eigenvalue weighted by Crippen LogP contribution is 2.43. The van der Waals surface area contributed by atoms with E-state index in [2.05, 4.69) is 22.4 Å². The fourth-order valence-electron chi connectivity index (χ4n) is 3.37. The Labute approximate surface area is 147 Å². The Hall–Kier alpha value is -1.72. The first-order valence-electron chi connectivity index (χ1n) is 8.71. The highest BCUT2D eigenvalue weighted by Gasteiger charge is 2.23. The number of nitrogens with zero attached hydrogens (tertiary/aromatic N) is 1. The first-order chi connectivity index (χ1) is 11.9. The first kappa shape index (κ1) is 15.8. The van der Waals surface area contributed by atoms with E-state index < -0.39 is 0 Å². The van der Waals surface area contributed by atoms with Gasteiger partial charge in [0.1, 0.15) is 6.10 Å². The van der Waals surface area contributed by atoms with Crippen LogP contribution in [-0.2, 0) is 0 Å². The molecule has 1 fully saturated rings. The lowest BCUT2D eigenvalue weighted by Crippen LogP contribution is -2.31. The van der Waals surface area contributed by atoms with Crippen molar-refractivity contribution in [1.82, 2.24) is 4.90 Å². The molecule has 24 heavy (non-hydrogen) atoms. The molecule has 0 radical (unpaired) electrons. The van der Waals surface area contributed by atoms with E-state index in [9.17, 15) is 0 Å². The smallest absolute Gasteiger partial charge is 0.231 e. The molecule has 128 valence electrons. The Kier molecular flexibility index (Phi) is 4.90. The molecular weight excluding hydrogens is 322 g/mol. The van der Waals surface area contributed by atoms with Crippen molar-refractivity contribution >= 4 is 11.3 Å². The Bertz CT molecular complexity index is 653. The molecule has 0 saturated carbocycles. The number of likely N-dealkylation sites (tertiary alicyclic amines) is 1. The first-order valence-corrected chi connectivity index (χ1v) is 9.59. The van der Waals surface area contributed by atoms with Crippen molar-refractivity contribution in [1.29, 1.82) is 0 Å². The Balaban J connectivity index is 1.48. The largest absolute Gasteiger partial charge is 0.481 e. The third kappa shape index (κ3) is 3.52. The molecule has 4 nitrogen and oxygen atoms in total. The lowest BCUT2D eigenvalue weighted by molar-refractivity contribution is 0.143. The van der Waals surface area contributed by atoms with Crippen molar-refractivity contribution < 1.29 is 14.2 Å². The summed E-state index contributed by atoms with van der Waals surface area (Å²) in [6, 6.07) is 10.1. The molecule has 1 aromatic carbocycles. The lowest BCUT2D eigenvalue weighted by atomic mass is 10.1. The van der Waals surface area contributed by atoms with E-state index >= 15 is 0 Å². The molecule has 2 aliphatic rings. The van der Waals surface area contributed by atoms with Crippen molar-refractivity contribution in [2.75, 3.05) is 26.4 Å². The van der Waals surface area contributed by atoms with Gasteiger partial charge in [-0.1, -0.05) is 18.6 Å². The van der Waals surface area contributed by atoms with Gasteiger partial charge in [0.2, 0.25) is 12.5 Å². The van der Waals surface area contributed by atoms with Crippen LogP contribution in [0.5, 0.6) is 17.2 Å². The van der Waals surface area contributed by atoms with Crippen molar-refractivity contribution in [3.8, 4) is 17.2 Å². The number of thiophene rings is 1. The van der Waals surface area contributed by atoms with Crippen LogP contribution in [0.3, 0.4) is 0 Å². The van der Waals surface area contributed by atoms with Crippen LogP contribution in [0.1, 0.15) is 36.7 Å². The second-order valence-corrected chi connectivity index (χ2v) is 7.28. The summed E-state index contributed by atoms with van der Waals surface area (Å²) in [5, 5.41) is 2.11. The van der Waals surface area contributed by atoms with E-state index in [0.29, 0.717) is 0 Å². The molecule has 1 saturated heterocycles. The predicted octanol–water partition coefficient (Wildman–Crippen LogP) is 4.47. The number of fused-ring (bicyclic) bond motifs is 1. The van der Waals surface area contributed by atoms with Gasteiger partial charge in [-0.2, -0.15) is 0 Å². The maximum absolute atomic E-state index is 6.37. The summed E-state index contributed by atoms with van der Waals surface area (Å²) in [4.78, 5) is 3.83. The highest BCUT2D eigenvalue weighted by atomic mass is 32.1. The van der Waals surface area contributed by atoms with Gasteiger partial charge in [0.15, 0.2) is 11.5 Å². The summed E-state index contributed by atoms with van der Waals surface area (Å²) in [5.41, 5.74) is 0. The zero-order valence-corrected chi connectivity index (χ0v) is 14.6. The zero-order valence-electron chi connectivity index (χ0n) is 13.8. The van der Waals surface area contributed by atoms with Gasteiger partial charge in [-0.15, -0.1) is 11.3 Å². The van der Waals surface area contributed by atoms with Gasteiger partial charge in [-0.25, -0.2) is 0 Å². The van der Waals surface area contributed by atoms with Crippen LogP contribution < -0.4 is 14.2 Å². The van der Waals surface area contributed by atoms with Crippen LogP contribution in [-0.4, -0.2) is 31.3 Å². The van der Waals surface area contributed by atoms with Gasteiger partial charge >= 0.3 is 0 Å². The van der Waals surface area contributed by atoms with Crippen molar-refractivity contribution in [2.45, 2.75) is 31.8 Å². The van der Waals surface area contributed by atoms with Gasteiger partial charge in [-0.3, -0.25) is 0 Å². The molecule has 0 bridgehead atoms. The van der Waals surface area contributed by atoms with Gasteiger partial charge in [0.25, 0.3) is 0 Å². The molecule has 1 unspecified atom stereocenters. The van der Waals surface area contributed by atoms with Gasteiger partial charge in [-0.05, 0) is 49.5 Å². The van der Waals surface area contributed by atoms with E-state index in [-0.39, 0.29) is 12.9 Å². The highest BCUT2D eigenvalue weighted by molar-refractivity contribution is 7.10. The van der Waals surface area contributed by atoms with Gasteiger partial charge in [0, 0.05) is 17.8 Å². The minimum absolute atomic E-state index is 0.0580. The molecule has 2 aliphatic heterocycles. The van der Waals surface area contributed by atoms with Crippen LogP contribution >= 0.6 is 11.3 Å². The molecule has 1 atom stereocenters. The number of hydrogen-bond donors (Lipinski definition) is 0. The fraction of sp³-hybridized carbons (Fsp3) is 0.474. The lowest BCUT2D eigenvalue weighted by Gasteiger charge is -2.28. The van der Waals surface area contributed by atoms with Gasteiger partial charge in [0.05, 0.1) is 0 Å². The predicted molar refractivity (Wildman–Crippen MR) is 95.2 cm³/mol. The maximum Gasteiger partial charge on any atom is 0.231 e. The maximum atomic E-state index is 6.37. The number of para-hydroxylation sites is 1. The fourth-order valence-corrected chi connectivity index (χ4v) is 4.16. The monoisotopic (exact) mass is 345 g/mol. The molecule has 0 N–H and O–H groups in total. The van der Waals surface area contributed by atoms with E-state index in [1.165, 1.54) is 37.2 Å². The molecule has 5 heteroatoms. The minimum atomic E-state index is 0.0580. The van der Waals surface area contributed by atoms with Crippen LogP contribution in [0, 0.1) is 0 Å². The minimum Gasteiger partial charge on any atom is -0.481 e. The van der Waals surface area contributed by atoms with Gasteiger partial charge < -0.3 is 19.1 Å². The number of benzene rings is 1. The van der Waals surface area contributed by atoms with Crippen LogP contribution in [0.25, 0.3) is 0 Å². The van der Waals surface area contributed by atoms with E-state index in [1.54, 1.807) is 11.3 Å². The third-order valence-electron chi connectivity index (χ3n) is 4.65. The number of ether oxygens (including phenoxy) is 3. The second kappa shape index (κ2) is 7.45. The summed E-state index contributed by atoms with van der Waals surface area (Å²) in [6.07, 6.45) is 5.06. The summed E-state index contributed by atoms with van der Waals surface area (Å²) in [5.74, 6) is 2.28. The zero-order chi connectivity index (χ0) is 16.2.